The predicted octanol–water partition coefficient (Wildman–Crippen LogP) is 4.99. The summed E-state index contributed by atoms with van der Waals surface area (Å²) >= 11 is 0. The molecule has 1 aromatic heterocycles. The molecule has 0 aliphatic carbocycles. The standard InChI is InChI=1S/C28H27N3O4/c1-21-25(18-28(32)33)8-5-9-27(21)34-16-17-35-30-26(19-31-15-14-29-20-31)24-12-10-23(11-13-24)22-6-3-2-4-7-22/h2-15,20H,16-19H2,1H3,(H,32,33)/b30-26+. The number of hydrogen-bond donors (Lipinski definition) is 1. The van der Waals surface area contributed by atoms with Gasteiger partial charge in [0.15, 0.2) is 6.61 Å². The van der Waals surface area contributed by atoms with E-state index < -0.39 is 5.97 Å². The molecule has 4 aromatic rings. The molecule has 1 heterocycles. The lowest BCUT2D eigenvalue weighted by Crippen LogP contribution is -2.13. The number of rotatable bonds is 11. The summed E-state index contributed by atoms with van der Waals surface area (Å²) in [6.45, 7) is 2.90. The average molecular weight is 470 g/mol. The molecule has 0 unspecified atom stereocenters. The van der Waals surface area contributed by atoms with E-state index in [1.54, 1.807) is 24.7 Å². The normalized spacial score (nSPS) is 11.3. The van der Waals surface area contributed by atoms with E-state index in [9.17, 15) is 4.79 Å². The fourth-order valence-corrected chi connectivity index (χ4v) is 3.69. The highest BCUT2D eigenvalue weighted by Gasteiger charge is 2.10. The van der Waals surface area contributed by atoms with Crippen LogP contribution in [0, 0.1) is 6.92 Å². The van der Waals surface area contributed by atoms with E-state index in [1.807, 2.05) is 54.1 Å². The minimum atomic E-state index is -0.870. The van der Waals surface area contributed by atoms with Crippen molar-refractivity contribution >= 4 is 11.7 Å². The molecule has 0 bridgehead atoms. The molecule has 0 aliphatic heterocycles. The van der Waals surface area contributed by atoms with Crippen LogP contribution in [0.25, 0.3) is 11.1 Å². The monoisotopic (exact) mass is 469 g/mol. The zero-order valence-electron chi connectivity index (χ0n) is 19.5. The van der Waals surface area contributed by atoms with Crippen LogP contribution < -0.4 is 4.74 Å². The third-order valence-corrected chi connectivity index (χ3v) is 5.56. The molecule has 7 nitrogen and oxygen atoms in total. The number of carboxylic acids is 1. The minimum absolute atomic E-state index is 0.0372. The summed E-state index contributed by atoms with van der Waals surface area (Å²) in [5.41, 5.74) is 5.56. The molecule has 0 atom stereocenters. The van der Waals surface area contributed by atoms with Gasteiger partial charge in [-0.05, 0) is 35.2 Å². The summed E-state index contributed by atoms with van der Waals surface area (Å²) in [6.07, 6.45) is 5.31. The SMILES string of the molecule is Cc1c(CC(=O)O)cccc1OCCO/N=C(\Cn1ccnc1)c1ccc(-c2ccccc2)cc1. The molecular formula is C28H27N3O4. The largest absolute Gasteiger partial charge is 0.490 e. The van der Waals surface area contributed by atoms with Crippen LogP contribution in [-0.2, 0) is 22.6 Å². The molecule has 0 fully saturated rings. The number of nitrogens with zero attached hydrogens (tertiary/aromatic N) is 3. The van der Waals surface area contributed by atoms with Crippen LogP contribution in [0.3, 0.4) is 0 Å². The summed E-state index contributed by atoms with van der Waals surface area (Å²) in [5, 5.41) is 13.5. The third kappa shape index (κ3) is 6.57. The summed E-state index contributed by atoms with van der Waals surface area (Å²) in [5.74, 6) is -0.225. The molecule has 0 amide bonds. The molecule has 178 valence electrons. The van der Waals surface area contributed by atoms with Crippen molar-refractivity contribution in [2.75, 3.05) is 13.2 Å². The highest BCUT2D eigenvalue weighted by atomic mass is 16.6. The van der Waals surface area contributed by atoms with Crippen LogP contribution in [-0.4, -0.2) is 39.6 Å². The Hall–Kier alpha value is -4.39. The lowest BCUT2D eigenvalue weighted by Gasteiger charge is -2.12. The topological polar surface area (TPSA) is 85.9 Å². The summed E-state index contributed by atoms with van der Waals surface area (Å²) in [7, 11) is 0. The van der Waals surface area contributed by atoms with Gasteiger partial charge in [0.05, 0.1) is 19.3 Å². The fourth-order valence-electron chi connectivity index (χ4n) is 3.69. The first-order valence-corrected chi connectivity index (χ1v) is 11.3. The molecule has 0 spiro atoms. The number of aliphatic carboxylic acids is 1. The number of carbonyl (C=O) groups is 1. The Balaban J connectivity index is 1.41. The van der Waals surface area contributed by atoms with Crippen LogP contribution in [0.4, 0.5) is 0 Å². The highest BCUT2D eigenvalue weighted by Crippen LogP contribution is 2.22. The lowest BCUT2D eigenvalue weighted by atomic mass is 10.0. The van der Waals surface area contributed by atoms with Gasteiger partial charge in [-0.3, -0.25) is 4.79 Å². The molecule has 35 heavy (non-hydrogen) atoms. The van der Waals surface area contributed by atoms with Gasteiger partial charge >= 0.3 is 5.97 Å². The van der Waals surface area contributed by atoms with E-state index in [4.69, 9.17) is 14.7 Å². The first kappa shape index (κ1) is 23.8. The molecule has 7 heteroatoms. The second-order valence-electron chi connectivity index (χ2n) is 8.01. The number of hydrogen-bond acceptors (Lipinski definition) is 5. The maximum absolute atomic E-state index is 11.0. The number of aromatic nitrogens is 2. The van der Waals surface area contributed by atoms with Gasteiger partial charge in [-0.2, -0.15) is 0 Å². The minimum Gasteiger partial charge on any atom is -0.490 e. The van der Waals surface area contributed by atoms with Crippen molar-refractivity contribution in [2.45, 2.75) is 19.9 Å². The number of carboxylic acid groups (broad SMARTS) is 1. The Kier molecular flexibility index (Phi) is 7.91. The summed E-state index contributed by atoms with van der Waals surface area (Å²) in [4.78, 5) is 20.8. The molecule has 4 rings (SSSR count). The molecule has 0 saturated carbocycles. The first-order valence-electron chi connectivity index (χ1n) is 11.3. The maximum Gasteiger partial charge on any atom is 0.307 e. The van der Waals surface area contributed by atoms with E-state index in [-0.39, 0.29) is 19.6 Å². The van der Waals surface area contributed by atoms with Crippen LogP contribution in [0.5, 0.6) is 5.75 Å². The smallest absolute Gasteiger partial charge is 0.307 e. The van der Waals surface area contributed by atoms with Crippen LogP contribution in [0.1, 0.15) is 16.7 Å². The van der Waals surface area contributed by atoms with Gasteiger partial charge in [0.2, 0.25) is 0 Å². The summed E-state index contributed by atoms with van der Waals surface area (Å²) < 4.78 is 7.75. The molecule has 0 radical (unpaired) electrons. The van der Waals surface area contributed by atoms with Crippen molar-refractivity contribution in [3.8, 4) is 16.9 Å². The zero-order valence-corrected chi connectivity index (χ0v) is 19.5. The van der Waals surface area contributed by atoms with Crippen LogP contribution >= 0.6 is 0 Å². The molecule has 0 saturated heterocycles. The Morgan fingerprint density at radius 3 is 2.46 bits per heavy atom. The van der Waals surface area contributed by atoms with Gasteiger partial charge in [-0.25, -0.2) is 4.98 Å². The van der Waals surface area contributed by atoms with Crippen molar-refractivity contribution in [2.24, 2.45) is 5.16 Å². The van der Waals surface area contributed by atoms with Gasteiger partial charge in [-0.1, -0.05) is 71.9 Å². The molecule has 3 aromatic carbocycles. The number of benzene rings is 3. The van der Waals surface area contributed by atoms with Crippen LogP contribution in [0.15, 0.2) is 96.7 Å². The van der Waals surface area contributed by atoms with E-state index >= 15 is 0 Å². The molecule has 0 aliphatic rings. The van der Waals surface area contributed by atoms with Gasteiger partial charge < -0.3 is 19.2 Å². The van der Waals surface area contributed by atoms with Gasteiger partial charge in [0.1, 0.15) is 18.1 Å². The Morgan fingerprint density at radius 1 is 0.971 bits per heavy atom. The van der Waals surface area contributed by atoms with Crippen molar-refractivity contribution < 1.29 is 19.5 Å². The van der Waals surface area contributed by atoms with Gasteiger partial charge in [0, 0.05) is 18.0 Å². The van der Waals surface area contributed by atoms with E-state index in [0.29, 0.717) is 12.3 Å². The fraction of sp³-hybridized carbons (Fsp3) is 0.179. The van der Waals surface area contributed by atoms with Crippen LogP contribution in [0.2, 0.25) is 0 Å². The molecular weight excluding hydrogens is 442 g/mol. The van der Waals surface area contributed by atoms with Crippen molar-refractivity contribution in [3.05, 3.63) is 108 Å². The number of oxime groups is 1. The predicted molar refractivity (Wildman–Crippen MR) is 135 cm³/mol. The first-order chi connectivity index (χ1) is 17.1. The second-order valence-corrected chi connectivity index (χ2v) is 8.01. The van der Waals surface area contributed by atoms with Crippen molar-refractivity contribution in [1.29, 1.82) is 0 Å². The maximum atomic E-state index is 11.0. The lowest BCUT2D eigenvalue weighted by molar-refractivity contribution is -0.136. The van der Waals surface area contributed by atoms with Gasteiger partial charge in [-0.15, -0.1) is 0 Å². The second kappa shape index (κ2) is 11.7. The van der Waals surface area contributed by atoms with E-state index in [0.717, 1.165) is 33.5 Å². The Bertz CT molecular complexity index is 1270. The van der Waals surface area contributed by atoms with E-state index in [1.165, 1.54) is 0 Å². The number of ether oxygens (including phenoxy) is 1. The average Bonchev–Trinajstić information content (AvgIpc) is 3.39. The zero-order chi connectivity index (χ0) is 24.5. The quantitative estimate of drug-likeness (QED) is 0.190. The van der Waals surface area contributed by atoms with Crippen molar-refractivity contribution in [3.63, 3.8) is 0 Å². The van der Waals surface area contributed by atoms with Gasteiger partial charge in [0.25, 0.3) is 0 Å². The Morgan fingerprint density at radius 2 is 1.74 bits per heavy atom. The Labute approximate surface area is 204 Å². The third-order valence-electron chi connectivity index (χ3n) is 5.56. The van der Waals surface area contributed by atoms with E-state index in [2.05, 4.69) is 34.4 Å². The molecule has 1 N–H and O–H groups in total. The highest BCUT2D eigenvalue weighted by molar-refractivity contribution is 6.00. The van der Waals surface area contributed by atoms with Crippen molar-refractivity contribution in [1.82, 2.24) is 9.55 Å². The summed E-state index contributed by atoms with van der Waals surface area (Å²) in [6, 6.07) is 23.8. The number of imidazole rings is 1.